The number of aromatic nitrogens is 1. The zero-order valence-electron chi connectivity index (χ0n) is 21.7. The molecule has 9 heteroatoms. The number of hydrogen-bond donors (Lipinski definition) is 3. The zero-order valence-corrected chi connectivity index (χ0v) is 21.7. The van der Waals surface area contributed by atoms with E-state index in [0.29, 0.717) is 36.8 Å². The van der Waals surface area contributed by atoms with Crippen LogP contribution in [0, 0.1) is 11.7 Å². The van der Waals surface area contributed by atoms with Gasteiger partial charge in [0.15, 0.2) is 11.6 Å². The summed E-state index contributed by atoms with van der Waals surface area (Å²) in [5.74, 6) is -0.822. The van der Waals surface area contributed by atoms with Gasteiger partial charge in [0.1, 0.15) is 12.1 Å². The van der Waals surface area contributed by atoms with Crippen LogP contribution >= 0.6 is 0 Å². The fraction of sp³-hybridized carbons (Fsp3) is 0.536. The highest BCUT2D eigenvalue weighted by Crippen LogP contribution is 2.39. The Kier molecular flexibility index (Phi) is 8.51. The Hall–Kier alpha value is -3.36. The zero-order chi connectivity index (χ0) is 26.5. The number of carbonyl (C=O) groups excluding carboxylic acids is 2. The van der Waals surface area contributed by atoms with Gasteiger partial charge in [-0.2, -0.15) is 0 Å². The third-order valence-electron chi connectivity index (χ3n) is 7.07. The van der Waals surface area contributed by atoms with Gasteiger partial charge in [-0.1, -0.05) is 26.8 Å². The Morgan fingerprint density at radius 3 is 2.54 bits per heavy atom. The average molecular weight is 513 g/mol. The number of anilines is 2. The van der Waals surface area contributed by atoms with E-state index in [2.05, 4.69) is 22.2 Å². The highest BCUT2D eigenvalue weighted by Gasteiger charge is 2.30. The Bertz CT molecular complexity index is 1140. The van der Waals surface area contributed by atoms with Crippen LogP contribution in [-0.2, 0) is 0 Å². The molecule has 2 fully saturated rings. The van der Waals surface area contributed by atoms with E-state index in [1.54, 1.807) is 0 Å². The van der Waals surface area contributed by atoms with Gasteiger partial charge in [-0.25, -0.2) is 9.37 Å². The van der Waals surface area contributed by atoms with Crippen LogP contribution in [0.3, 0.4) is 0 Å². The van der Waals surface area contributed by atoms with Crippen LogP contribution in [0.15, 0.2) is 35.2 Å². The quantitative estimate of drug-likeness (QED) is 0.322. The molecule has 3 N–H and O–H groups in total. The standard InChI is InChI=1S/C28H37FN4O4/c1-4-11-33(12-5-2)25-15-22(29)21(26(35)30-20-8-6-7-19(13-20)17(3)34)14-23(25)31-27(36)24-16-37-28(32-24)18-9-10-18/h14-16,18-20,34H,3-13H2,1-2H3,(H,30,35)(H,31,36)/t19-,20+/m0/s1. The van der Waals surface area contributed by atoms with Crippen LogP contribution in [0.1, 0.15) is 97.9 Å². The first-order valence-corrected chi connectivity index (χ1v) is 13.3. The van der Waals surface area contributed by atoms with Crippen molar-refractivity contribution in [3.05, 3.63) is 53.7 Å². The summed E-state index contributed by atoms with van der Waals surface area (Å²) in [5, 5.41) is 15.5. The monoisotopic (exact) mass is 512 g/mol. The molecule has 1 aromatic carbocycles. The molecule has 0 spiro atoms. The number of benzene rings is 1. The number of halogens is 1. The smallest absolute Gasteiger partial charge is 0.277 e. The summed E-state index contributed by atoms with van der Waals surface area (Å²) in [5.41, 5.74) is 0.875. The largest absolute Gasteiger partial charge is 0.513 e. The number of aliphatic hydroxyl groups is 1. The number of carbonyl (C=O) groups is 2. The summed E-state index contributed by atoms with van der Waals surface area (Å²) in [6.07, 6.45) is 7.96. The summed E-state index contributed by atoms with van der Waals surface area (Å²) in [6, 6.07) is 2.54. The van der Waals surface area contributed by atoms with Crippen LogP contribution in [0.25, 0.3) is 0 Å². The second kappa shape index (κ2) is 11.8. The van der Waals surface area contributed by atoms with Crippen LogP contribution in [0.5, 0.6) is 0 Å². The number of nitrogens with zero attached hydrogens (tertiary/aromatic N) is 2. The Balaban J connectivity index is 1.60. The third kappa shape index (κ3) is 6.50. The van der Waals surface area contributed by atoms with Crippen molar-refractivity contribution in [2.45, 2.75) is 77.2 Å². The van der Waals surface area contributed by atoms with Crippen LogP contribution < -0.4 is 15.5 Å². The lowest BCUT2D eigenvalue weighted by Gasteiger charge is -2.29. The number of oxazole rings is 1. The normalized spacial score (nSPS) is 19.3. The van der Waals surface area contributed by atoms with Gasteiger partial charge in [-0.15, -0.1) is 0 Å². The molecule has 0 bridgehead atoms. The molecular weight excluding hydrogens is 475 g/mol. The molecule has 2 aliphatic carbocycles. The number of nitrogens with one attached hydrogen (secondary N) is 2. The molecule has 2 atom stereocenters. The molecule has 0 unspecified atom stereocenters. The summed E-state index contributed by atoms with van der Waals surface area (Å²) in [6.45, 7) is 9.04. The highest BCUT2D eigenvalue weighted by molar-refractivity contribution is 6.06. The Morgan fingerprint density at radius 1 is 1.16 bits per heavy atom. The Labute approximate surface area is 217 Å². The number of rotatable bonds is 11. The van der Waals surface area contributed by atoms with Gasteiger partial charge >= 0.3 is 0 Å². The first kappa shape index (κ1) is 26.7. The van der Waals surface area contributed by atoms with Gasteiger partial charge in [0.25, 0.3) is 11.8 Å². The van der Waals surface area contributed by atoms with Crippen molar-refractivity contribution < 1.29 is 23.5 Å². The third-order valence-corrected chi connectivity index (χ3v) is 7.07. The summed E-state index contributed by atoms with van der Waals surface area (Å²) in [7, 11) is 0. The first-order valence-electron chi connectivity index (χ1n) is 13.3. The summed E-state index contributed by atoms with van der Waals surface area (Å²) >= 11 is 0. The van der Waals surface area contributed by atoms with Crippen molar-refractivity contribution in [3.8, 4) is 0 Å². The second-order valence-electron chi connectivity index (χ2n) is 10.2. The topological polar surface area (TPSA) is 108 Å². The van der Waals surface area contributed by atoms with E-state index in [9.17, 15) is 14.7 Å². The molecule has 37 heavy (non-hydrogen) atoms. The number of hydrogen-bond acceptors (Lipinski definition) is 6. The molecule has 2 amide bonds. The van der Waals surface area contributed by atoms with Crippen LogP contribution in [-0.4, -0.2) is 41.0 Å². The molecular formula is C28H37FN4O4. The summed E-state index contributed by atoms with van der Waals surface area (Å²) < 4.78 is 20.8. The van der Waals surface area contributed by atoms with Crippen molar-refractivity contribution in [1.82, 2.24) is 10.3 Å². The molecule has 0 radical (unpaired) electrons. The predicted molar refractivity (Wildman–Crippen MR) is 141 cm³/mol. The molecule has 1 aromatic heterocycles. The minimum absolute atomic E-state index is 0.0826. The lowest BCUT2D eigenvalue weighted by Crippen LogP contribution is -2.39. The van der Waals surface area contributed by atoms with Gasteiger partial charge in [-0.05, 0) is 51.0 Å². The minimum atomic E-state index is -0.654. The van der Waals surface area contributed by atoms with E-state index in [4.69, 9.17) is 4.42 Å². The lowest BCUT2D eigenvalue weighted by molar-refractivity contribution is 0.0912. The molecule has 2 aliphatic rings. The molecule has 0 saturated heterocycles. The van der Waals surface area contributed by atoms with E-state index >= 15 is 4.39 Å². The van der Waals surface area contributed by atoms with Crippen molar-refractivity contribution in [2.75, 3.05) is 23.3 Å². The molecule has 2 saturated carbocycles. The molecule has 1 heterocycles. The second-order valence-corrected chi connectivity index (χ2v) is 10.2. The van der Waals surface area contributed by atoms with Crippen LogP contribution in [0.4, 0.5) is 15.8 Å². The van der Waals surface area contributed by atoms with E-state index in [1.807, 2.05) is 18.7 Å². The number of allylic oxidation sites excluding steroid dienone is 1. The lowest BCUT2D eigenvalue weighted by atomic mass is 9.84. The van der Waals surface area contributed by atoms with Crippen molar-refractivity contribution in [3.63, 3.8) is 0 Å². The SMILES string of the molecule is C=C(O)[C@H]1CCC[C@@H](NC(=O)c2cc(NC(=O)c3coc(C4CC4)n3)c(N(CCC)CCC)cc2F)C1. The highest BCUT2D eigenvalue weighted by atomic mass is 19.1. The average Bonchev–Trinajstić information content (AvgIpc) is 3.60. The van der Waals surface area contributed by atoms with E-state index in [1.165, 1.54) is 18.4 Å². The van der Waals surface area contributed by atoms with E-state index < -0.39 is 17.6 Å². The molecule has 0 aliphatic heterocycles. The van der Waals surface area contributed by atoms with E-state index in [-0.39, 0.29) is 34.9 Å². The van der Waals surface area contributed by atoms with Gasteiger partial charge in [0.2, 0.25) is 0 Å². The van der Waals surface area contributed by atoms with Gasteiger partial charge in [-0.3, -0.25) is 9.59 Å². The van der Waals surface area contributed by atoms with Crippen LogP contribution in [0.2, 0.25) is 0 Å². The molecule has 8 nitrogen and oxygen atoms in total. The first-order chi connectivity index (χ1) is 17.8. The van der Waals surface area contributed by atoms with E-state index in [0.717, 1.165) is 44.9 Å². The summed E-state index contributed by atoms with van der Waals surface area (Å²) in [4.78, 5) is 32.5. The minimum Gasteiger partial charge on any atom is -0.513 e. The number of aliphatic hydroxyl groups excluding tert-OH is 1. The van der Waals surface area contributed by atoms with Crippen molar-refractivity contribution in [2.24, 2.45) is 5.92 Å². The van der Waals surface area contributed by atoms with Gasteiger partial charge in [0.05, 0.1) is 22.7 Å². The Morgan fingerprint density at radius 2 is 1.89 bits per heavy atom. The maximum Gasteiger partial charge on any atom is 0.277 e. The number of amides is 2. The maximum atomic E-state index is 15.4. The van der Waals surface area contributed by atoms with Crippen molar-refractivity contribution >= 4 is 23.2 Å². The molecule has 4 rings (SSSR count). The van der Waals surface area contributed by atoms with Gasteiger partial charge in [0, 0.05) is 37.0 Å². The fourth-order valence-corrected chi connectivity index (χ4v) is 4.97. The fourth-order valence-electron chi connectivity index (χ4n) is 4.97. The predicted octanol–water partition coefficient (Wildman–Crippen LogP) is 5.93. The maximum absolute atomic E-state index is 15.4. The van der Waals surface area contributed by atoms with Crippen molar-refractivity contribution in [1.29, 1.82) is 0 Å². The molecule has 2 aromatic rings. The van der Waals surface area contributed by atoms with Gasteiger partial charge < -0.3 is 25.1 Å². The molecule has 200 valence electrons.